The number of nitrogen functional groups attached to an aromatic ring is 1. The highest BCUT2D eigenvalue weighted by atomic mass is 32.2. The molecule has 0 aliphatic rings. The molecule has 3 aromatic rings. The van der Waals surface area contributed by atoms with Crippen LogP contribution in [-0.2, 0) is 9.84 Å². The van der Waals surface area contributed by atoms with Gasteiger partial charge in [-0.25, -0.2) is 8.42 Å². The van der Waals surface area contributed by atoms with Crippen molar-refractivity contribution in [2.24, 2.45) is 0 Å². The van der Waals surface area contributed by atoms with E-state index in [2.05, 4.69) is 24.3 Å². The van der Waals surface area contributed by atoms with E-state index < -0.39 is 9.84 Å². The van der Waals surface area contributed by atoms with E-state index in [1.54, 1.807) is 24.3 Å². The first-order valence-electron chi connectivity index (χ1n) is 9.02. The van der Waals surface area contributed by atoms with Crippen molar-refractivity contribution in [3.05, 3.63) is 70.8 Å². The number of hydrogen-bond acceptors (Lipinski definition) is 4. The van der Waals surface area contributed by atoms with Crippen molar-refractivity contribution in [1.29, 1.82) is 0 Å². The van der Waals surface area contributed by atoms with Crippen molar-refractivity contribution in [2.45, 2.75) is 32.6 Å². The largest absolute Gasteiger partial charge is 0.456 e. The lowest BCUT2D eigenvalue weighted by atomic mass is 9.94. The molecule has 4 nitrogen and oxygen atoms in total. The summed E-state index contributed by atoms with van der Waals surface area (Å²) in [6.45, 7) is 8.08. The average molecular weight is 396 g/mol. The predicted molar refractivity (Wildman–Crippen MR) is 115 cm³/mol. The molecule has 0 saturated carbocycles. The lowest BCUT2D eigenvalue weighted by Crippen LogP contribution is -1.99. The molecule has 0 fully saturated rings. The average Bonchev–Trinajstić information content (AvgIpc) is 2.60. The second-order valence-corrected chi connectivity index (χ2v) is 9.36. The third-order valence-corrected chi connectivity index (χ3v) is 5.84. The molecule has 2 N–H and O–H groups in total. The van der Waals surface area contributed by atoms with Gasteiger partial charge in [-0.2, -0.15) is 0 Å². The summed E-state index contributed by atoms with van der Waals surface area (Å²) in [4.78, 5) is 0.263. The Bertz CT molecular complexity index is 1150. The Hall–Kier alpha value is -2.79. The first-order valence-corrected chi connectivity index (χ1v) is 10.9. The molecule has 0 atom stereocenters. The van der Waals surface area contributed by atoms with Crippen molar-refractivity contribution < 1.29 is 13.2 Å². The highest BCUT2D eigenvalue weighted by Crippen LogP contribution is 2.41. The number of rotatable bonds is 4. The third-order valence-electron chi connectivity index (χ3n) is 4.71. The van der Waals surface area contributed by atoms with Crippen LogP contribution in [-0.4, -0.2) is 14.7 Å². The van der Waals surface area contributed by atoms with Gasteiger partial charge in [-0.05, 0) is 80.8 Å². The van der Waals surface area contributed by atoms with Crippen LogP contribution < -0.4 is 10.5 Å². The van der Waals surface area contributed by atoms with Crippen LogP contribution in [0.1, 0.15) is 22.3 Å². The van der Waals surface area contributed by atoms with Gasteiger partial charge >= 0.3 is 0 Å². The summed E-state index contributed by atoms with van der Waals surface area (Å²) in [5, 5.41) is 0. The molecule has 0 amide bonds. The van der Waals surface area contributed by atoms with Crippen LogP contribution in [0, 0.1) is 27.7 Å². The quantitative estimate of drug-likeness (QED) is 0.603. The van der Waals surface area contributed by atoms with Gasteiger partial charge in [-0.1, -0.05) is 17.7 Å². The highest BCUT2D eigenvalue weighted by Gasteiger charge is 2.16. The van der Waals surface area contributed by atoms with Gasteiger partial charge in [-0.15, -0.1) is 0 Å². The fourth-order valence-electron chi connectivity index (χ4n) is 3.36. The van der Waals surface area contributed by atoms with Crippen LogP contribution in [0.15, 0.2) is 53.4 Å². The van der Waals surface area contributed by atoms with E-state index >= 15 is 0 Å². The van der Waals surface area contributed by atoms with Gasteiger partial charge in [0.15, 0.2) is 9.84 Å². The zero-order valence-electron chi connectivity index (χ0n) is 16.8. The van der Waals surface area contributed by atoms with E-state index in [0.29, 0.717) is 5.75 Å². The molecule has 0 saturated heterocycles. The van der Waals surface area contributed by atoms with E-state index in [4.69, 9.17) is 10.5 Å². The van der Waals surface area contributed by atoms with Crippen LogP contribution in [0.3, 0.4) is 0 Å². The maximum Gasteiger partial charge on any atom is 0.175 e. The van der Waals surface area contributed by atoms with Gasteiger partial charge in [0.2, 0.25) is 0 Å². The number of hydrogen-bond donors (Lipinski definition) is 1. The van der Waals surface area contributed by atoms with Gasteiger partial charge < -0.3 is 10.5 Å². The second kappa shape index (κ2) is 7.32. The topological polar surface area (TPSA) is 69.4 Å². The van der Waals surface area contributed by atoms with Crippen molar-refractivity contribution in [1.82, 2.24) is 0 Å². The molecular formula is C23H25NO3S. The summed E-state index contributed by atoms with van der Waals surface area (Å²) >= 11 is 0. The predicted octanol–water partition coefficient (Wildman–Crippen LogP) is 5.37. The summed E-state index contributed by atoms with van der Waals surface area (Å²) in [5.41, 5.74) is 13.2. The Labute approximate surface area is 166 Å². The zero-order chi connectivity index (χ0) is 20.6. The lowest BCUT2D eigenvalue weighted by Gasteiger charge is -2.18. The molecule has 0 aliphatic heterocycles. The van der Waals surface area contributed by atoms with E-state index in [1.807, 2.05) is 27.7 Å². The Morgan fingerprint density at radius 1 is 0.786 bits per heavy atom. The Kier molecular flexibility index (Phi) is 5.22. The molecule has 3 aromatic carbocycles. The number of benzene rings is 3. The zero-order valence-corrected chi connectivity index (χ0v) is 17.6. The van der Waals surface area contributed by atoms with Crippen molar-refractivity contribution in [2.75, 3.05) is 12.0 Å². The fourth-order valence-corrected chi connectivity index (χ4v) is 3.99. The molecule has 146 valence electrons. The summed E-state index contributed by atoms with van der Waals surface area (Å²) in [7, 11) is -3.24. The third kappa shape index (κ3) is 4.04. The summed E-state index contributed by atoms with van der Waals surface area (Å²) < 4.78 is 29.6. The van der Waals surface area contributed by atoms with Crippen LogP contribution in [0.4, 0.5) is 5.69 Å². The minimum Gasteiger partial charge on any atom is -0.456 e. The van der Waals surface area contributed by atoms with Crippen molar-refractivity contribution in [3.8, 4) is 22.6 Å². The van der Waals surface area contributed by atoms with E-state index in [9.17, 15) is 8.42 Å². The van der Waals surface area contributed by atoms with E-state index in [1.165, 1.54) is 6.26 Å². The molecule has 0 aromatic heterocycles. The number of ether oxygens (including phenoxy) is 1. The van der Waals surface area contributed by atoms with Gasteiger partial charge in [0, 0.05) is 23.1 Å². The summed E-state index contributed by atoms with van der Waals surface area (Å²) in [6, 6.07) is 14.7. The van der Waals surface area contributed by atoms with Crippen molar-refractivity contribution >= 4 is 15.5 Å². The SMILES string of the molecule is Cc1cc(C)c(N)c(-c2cc(C)cc(C)c2Oc2ccc(S(C)(=O)=O)cc2)c1. The van der Waals surface area contributed by atoms with Gasteiger partial charge in [-0.3, -0.25) is 0 Å². The molecule has 0 heterocycles. The molecule has 0 spiro atoms. The summed E-state index contributed by atoms with van der Waals surface area (Å²) in [6.07, 6.45) is 1.19. The van der Waals surface area contributed by atoms with Gasteiger partial charge in [0.25, 0.3) is 0 Å². The molecule has 28 heavy (non-hydrogen) atoms. The highest BCUT2D eigenvalue weighted by molar-refractivity contribution is 7.90. The van der Waals surface area contributed by atoms with Crippen molar-refractivity contribution in [3.63, 3.8) is 0 Å². The molecule has 0 aliphatic carbocycles. The maximum absolute atomic E-state index is 11.7. The molecule has 0 unspecified atom stereocenters. The number of nitrogens with two attached hydrogens (primary N) is 1. The minimum atomic E-state index is -3.24. The minimum absolute atomic E-state index is 0.263. The smallest absolute Gasteiger partial charge is 0.175 e. The van der Waals surface area contributed by atoms with Gasteiger partial charge in [0.05, 0.1) is 4.90 Å². The van der Waals surface area contributed by atoms with Crippen LogP contribution >= 0.6 is 0 Å². The number of aryl methyl sites for hydroxylation is 4. The molecule has 3 rings (SSSR count). The van der Waals surface area contributed by atoms with E-state index in [0.717, 1.165) is 44.8 Å². The second-order valence-electron chi connectivity index (χ2n) is 7.35. The normalized spacial score (nSPS) is 11.5. The molecule has 0 bridgehead atoms. The molecular weight excluding hydrogens is 370 g/mol. The fraction of sp³-hybridized carbons (Fsp3) is 0.217. The molecule has 0 radical (unpaired) electrons. The monoisotopic (exact) mass is 395 g/mol. The Balaban J connectivity index is 2.12. The number of sulfone groups is 1. The maximum atomic E-state index is 11.7. The Morgan fingerprint density at radius 2 is 1.32 bits per heavy atom. The lowest BCUT2D eigenvalue weighted by molar-refractivity contribution is 0.480. The summed E-state index contributed by atoms with van der Waals surface area (Å²) in [5.74, 6) is 1.29. The first-order chi connectivity index (χ1) is 13.1. The standard InChI is InChI=1S/C23H25NO3S/c1-14-10-16(3)22(24)20(12-14)21-13-15(2)11-17(4)23(21)27-18-6-8-19(9-7-18)28(5,25)26/h6-13H,24H2,1-5H3. The number of anilines is 1. The Morgan fingerprint density at radius 3 is 1.89 bits per heavy atom. The van der Waals surface area contributed by atoms with E-state index in [-0.39, 0.29) is 4.90 Å². The first kappa shape index (κ1) is 20.0. The van der Waals surface area contributed by atoms with Crippen LogP contribution in [0.2, 0.25) is 0 Å². The van der Waals surface area contributed by atoms with Crippen LogP contribution in [0.5, 0.6) is 11.5 Å². The van der Waals surface area contributed by atoms with Crippen LogP contribution in [0.25, 0.3) is 11.1 Å². The molecule has 5 heteroatoms. The van der Waals surface area contributed by atoms with Gasteiger partial charge in [0.1, 0.15) is 11.5 Å².